The molecule has 4 rings (SSSR count). The fourth-order valence-corrected chi connectivity index (χ4v) is 4.21. The summed E-state index contributed by atoms with van der Waals surface area (Å²) in [6.07, 6.45) is 3.25. The normalized spacial score (nSPS) is 11.5. The first-order chi connectivity index (χ1) is 16.3. The van der Waals surface area contributed by atoms with E-state index in [1.165, 1.54) is 6.08 Å². The molecule has 0 atom stereocenters. The van der Waals surface area contributed by atoms with Crippen LogP contribution in [0.4, 0.5) is 5.69 Å². The van der Waals surface area contributed by atoms with Gasteiger partial charge in [-0.3, -0.25) is 4.79 Å². The second-order valence-electron chi connectivity index (χ2n) is 7.79. The van der Waals surface area contributed by atoms with E-state index >= 15 is 0 Å². The number of aryl methyl sites for hydroxylation is 1. The van der Waals surface area contributed by atoms with Crippen molar-refractivity contribution in [2.45, 2.75) is 13.8 Å². The van der Waals surface area contributed by atoms with Gasteiger partial charge in [0.2, 0.25) is 5.91 Å². The molecule has 0 aliphatic rings. The molecule has 0 aliphatic carbocycles. The average molecular weight is 496 g/mol. The molecule has 7 heteroatoms. The van der Waals surface area contributed by atoms with Gasteiger partial charge in [-0.2, -0.15) is 0 Å². The number of carbonyl (C=O) groups excluding carboxylic acids is 1. The minimum atomic E-state index is -0.295. The Morgan fingerprint density at radius 3 is 2.53 bits per heavy atom. The van der Waals surface area contributed by atoms with Crippen LogP contribution in [0.25, 0.3) is 27.7 Å². The fourth-order valence-electron chi connectivity index (χ4n) is 3.91. The van der Waals surface area contributed by atoms with Gasteiger partial charge in [0.15, 0.2) is 0 Å². The van der Waals surface area contributed by atoms with Crippen LogP contribution in [-0.4, -0.2) is 20.1 Å². The van der Waals surface area contributed by atoms with Gasteiger partial charge in [-0.1, -0.05) is 35.3 Å². The Balaban J connectivity index is 1.75. The highest BCUT2D eigenvalue weighted by molar-refractivity contribution is 6.42. The summed E-state index contributed by atoms with van der Waals surface area (Å²) < 4.78 is 17.0. The number of anilines is 1. The third-order valence-corrected chi connectivity index (χ3v) is 6.33. The molecule has 1 aromatic heterocycles. The molecular weight excluding hydrogens is 473 g/mol. The SMILES string of the molecule is COc1cccc(-c2coc3c(C)c(OC)c(/C(C)=C/C(=O)Nc4ccc(Cl)c(Cl)c4)cc23)c1. The Morgan fingerprint density at radius 1 is 1.03 bits per heavy atom. The first-order valence-corrected chi connectivity index (χ1v) is 11.3. The molecular formula is C27H23Cl2NO4. The van der Waals surface area contributed by atoms with Crippen LogP contribution in [0.15, 0.2) is 65.3 Å². The quantitative estimate of drug-likeness (QED) is 0.277. The number of fused-ring (bicyclic) bond motifs is 1. The van der Waals surface area contributed by atoms with Gasteiger partial charge in [-0.05, 0) is 61.4 Å². The third kappa shape index (κ3) is 4.63. The molecule has 5 nitrogen and oxygen atoms in total. The second-order valence-corrected chi connectivity index (χ2v) is 8.60. The summed E-state index contributed by atoms with van der Waals surface area (Å²) in [7, 11) is 3.24. The summed E-state index contributed by atoms with van der Waals surface area (Å²) in [5.41, 5.74) is 5.55. The van der Waals surface area contributed by atoms with Gasteiger partial charge in [-0.25, -0.2) is 0 Å². The molecule has 1 N–H and O–H groups in total. The minimum Gasteiger partial charge on any atom is -0.497 e. The summed E-state index contributed by atoms with van der Waals surface area (Å²) in [5, 5.41) is 4.52. The first-order valence-electron chi connectivity index (χ1n) is 10.5. The van der Waals surface area contributed by atoms with Gasteiger partial charge in [0.05, 0.1) is 30.5 Å². The zero-order valence-corrected chi connectivity index (χ0v) is 20.7. The zero-order chi connectivity index (χ0) is 24.4. The lowest BCUT2D eigenvalue weighted by Gasteiger charge is -2.13. The number of nitrogens with one attached hydrogen (secondary N) is 1. The van der Waals surface area contributed by atoms with Crippen molar-refractivity contribution in [2.75, 3.05) is 19.5 Å². The average Bonchev–Trinajstić information content (AvgIpc) is 3.25. The van der Waals surface area contributed by atoms with Crippen molar-refractivity contribution >= 4 is 51.3 Å². The van der Waals surface area contributed by atoms with E-state index in [-0.39, 0.29) is 5.91 Å². The number of hydrogen-bond donors (Lipinski definition) is 1. The number of amides is 1. The van der Waals surface area contributed by atoms with Crippen LogP contribution in [0, 0.1) is 6.92 Å². The topological polar surface area (TPSA) is 60.7 Å². The van der Waals surface area contributed by atoms with Crippen LogP contribution in [-0.2, 0) is 4.79 Å². The standard InChI is InChI=1S/C27H23Cl2NO4/c1-15(10-25(31)30-18-8-9-23(28)24(29)12-18)20-13-21-22(17-6-5-7-19(11-17)32-3)14-34-27(21)16(2)26(20)33-4/h5-14H,1-4H3,(H,30,31)/b15-10+. The van der Waals surface area contributed by atoms with Gasteiger partial charge in [0, 0.05) is 33.8 Å². The molecule has 0 bridgehead atoms. The Labute approximate surface area is 207 Å². The number of halogens is 2. The van der Waals surface area contributed by atoms with E-state index < -0.39 is 0 Å². The van der Waals surface area contributed by atoms with Crippen molar-refractivity contribution < 1.29 is 18.7 Å². The van der Waals surface area contributed by atoms with Gasteiger partial charge in [0.25, 0.3) is 0 Å². The van der Waals surface area contributed by atoms with Crippen molar-refractivity contribution in [3.8, 4) is 22.6 Å². The molecule has 0 saturated carbocycles. The van der Waals surface area contributed by atoms with Crippen LogP contribution >= 0.6 is 23.2 Å². The maximum absolute atomic E-state index is 12.7. The van der Waals surface area contributed by atoms with E-state index in [4.69, 9.17) is 37.1 Å². The molecule has 0 aliphatic heterocycles. The number of hydrogen-bond acceptors (Lipinski definition) is 4. The maximum atomic E-state index is 12.7. The van der Waals surface area contributed by atoms with Crippen molar-refractivity contribution in [2.24, 2.45) is 0 Å². The number of ether oxygens (including phenoxy) is 2. The monoisotopic (exact) mass is 495 g/mol. The number of methoxy groups -OCH3 is 2. The summed E-state index contributed by atoms with van der Waals surface area (Å²) in [5.74, 6) is 1.11. The lowest BCUT2D eigenvalue weighted by Crippen LogP contribution is -2.08. The number of benzene rings is 3. The lowest BCUT2D eigenvalue weighted by molar-refractivity contribution is -0.111. The minimum absolute atomic E-state index is 0.295. The molecule has 0 unspecified atom stereocenters. The van der Waals surface area contributed by atoms with Crippen LogP contribution in [0.2, 0.25) is 10.0 Å². The smallest absolute Gasteiger partial charge is 0.248 e. The lowest BCUT2D eigenvalue weighted by atomic mass is 9.96. The van der Waals surface area contributed by atoms with Gasteiger partial charge < -0.3 is 19.2 Å². The van der Waals surface area contributed by atoms with Gasteiger partial charge >= 0.3 is 0 Å². The summed E-state index contributed by atoms with van der Waals surface area (Å²) in [6, 6.07) is 14.7. The summed E-state index contributed by atoms with van der Waals surface area (Å²) in [6.45, 7) is 3.80. The molecule has 0 spiro atoms. The number of allylic oxidation sites excluding steroid dienone is 1. The predicted molar refractivity (Wildman–Crippen MR) is 138 cm³/mol. The second kappa shape index (κ2) is 9.84. The molecule has 1 heterocycles. The van der Waals surface area contributed by atoms with Crippen LogP contribution in [0.1, 0.15) is 18.1 Å². The van der Waals surface area contributed by atoms with E-state index in [9.17, 15) is 4.79 Å². The molecule has 1 amide bonds. The van der Waals surface area contributed by atoms with E-state index in [1.54, 1.807) is 38.7 Å². The predicted octanol–water partition coefficient (Wildman–Crippen LogP) is 7.77. The first kappa shape index (κ1) is 23.7. The third-order valence-electron chi connectivity index (χ3n) is 5.59. The van der Waals surface area contributed by atoms with E-state index in [0.29, 0.717) is 21.5 Å². The number of furan rings is 1. The van der Waals surface area contributed by atoms with Crippen molar-refractivity contribution in [1.29, 1.82) is 0 Å². The highest BCUT2D eigenvalue weighted by Crippen LogP contribution is 2.41. The Hall–Kier alpha value is -3.41. The maximum Gasteiger partial charge on any atom is 0.248 e. The van der Waals surface area contributed by atoms with Crippen molar-refractivity contribution in [1.82, 2.24) is 0 Å². The molecule has 4 aromatic rings. The van der Waals surface area contributed by atoms with Gasteiger partial charge in [0.1, 0.15) is 17.1 Å². The van der Waals surface area contributed by atoms with E-state index in [0.717, 1.165) is 44.5 Å². The largest absolute Gasteiger partial charge is 0.497 e. The Bertz CT molecular complexity index is 1420. The van der Waals surface area contributed by atoms with Gasteiger partial charge in [-0.15, -0.1) is 0 Å². The summed E-state index contributed by atoms with van der Waals surface area (Å²) in [4.78, 5) is 12.7. The number of carbonyl (C=O) groups is 1. The van der Waals surface area contributed by atoms with Crippen molar-refractivity contribution in [3.05, 3.63) is 82.0 Å². The molecule has 0 fully saturated rings. The number of rotatable bonds is 6. The fraction of sp³-hybridized carbons (Fsp3) is 0.148. The van der Waals surface area contributed by atoms with Crippen LogP contribution in [0.5, 0.6) is 11.5 Å². The van der Waals surface area contributed by atoms with E-state index in [2.05, 4.69) is 5.32 Å². The Morgan fingerprint density at radius 2 is 1.82 bits per heavy atom. The summed E-state index contributed by atoms with van der Waals surface area (Å²) >= 11 is 12.0. The Kier molecular flexibility index (Phi) is 6.87. The molecule has 174 valence electrons. The highest BCUT2D eigenvalue weighted by Gasteiger charge is 2.19. The van der Waals surface area contributed by atoms with Crippen molar-refractivity contribution in [3.63, 3.8) is 0 Å². The van der Waals surface area contributed by atoms with E-state index in [1.807, 2.05) is 44.2 Å². The molecule has 3 aromatic carbocycles. The molecule has 0 saturated heterocycles. The van der Waals surface area contributed by atoms with Crippen LogP contribution in [0.3, 0.4) is 0 Å². The van der Waals surface area contributed by atoms with Crippen LogP contribution < -0.4 is 14.8 Å². The zero-order valence-electron chi connectivity index (χ0n) is 19.2. The molecule has 34 heavy (non-hydrogen) atoms. The molecule has 0 radical (unpaired) electrons. The highest BCUT2D eigenvalue weighted by atomic mass is 35.5.